The van der Waals surface area contributed by atoms with Crippen LogP contribution in [0.2, 0.25) is 0 Å². The predicted molar refractivity (Wildman–Crippen MR) is 80.0 cm³/mol. The Balaban J connectivity index is 2.46. The zero-order chi connectivity index (χ0) is 15.6. The van der Waals surface area contributed by atoms with Crippen molar-refractivity contribution in [2.24, 2.45) is 0 Å². The Labute approximate surface area is 127 Å². The zero-order valence-electron chi connectivity index (χ0n) is 10.8. The molecule has 1 aromatic heterocycles. The van der Waals surface area contributed by atoms with Crippen molar-refractivity contribution in [3.8, 4) is 0 Å². The predicted octanol–water partition coefficient (Wildman–Crippen LogP) is 3.50. The number of carbonyl (C=O) groups is 1. The molecule has 0 aliphatic heterocycles. The third-order valence-electron chi connectivity index (χ3n) is 2.84. The molecular formula is C13H10BrN3O4. The van der Waals surface area contributed by atoms with Gasteiger partial charge in [0.15, 0.2) is 0 Å². The number of anilines is 2. The third kappa shape index (κ3) is 3.16. The van der Waals surface area contributed by atoms with Gasteiger partial charge in [0.1, 0.15) is 11.4 Å². The number of nitrogens with one attached hydrogen (secondary N) is 1. The van der Waals surface area contributed by atoms with Gasteiger partial charge >= 0.3 is 5.97 Å². The van der Waals surface area contributed by atoms with Crippen LogP contribution in [0.4, 0.5) is 17.2 Å². The molecule has 0 aliphatic rings. The maximum absolute atomic E-state index is 11.2. The van der Waals surface area contributed by atoms with Crippen LogP contribution < -0.4 is 5.32 Å². The van der Waals surface area contributed by atoms with E-state index in [4.69, 9.17) is 0 Å². The molecule has 0 unspecified atom stereocenters. The van der Waals surface area contributed by atoms with Crippen molar-refractivity contribution < 1.29 is 14.8 Å². The van der Waals surface area contributed by atoms with Gasteiger partial charge in [0.2, 0.25) is 0 Å². The number of benzene rings is 1. The molecule has 0 atom stereocenters. The highest BCUT2D eigenvalue weighted by Gasteiger charge is 2.17. The fraction of sp³-hybridized carbons (Fsp3) is 0.0769. The number of pyridine rings is 1. The van der Waals surface area contributed by atoms with E-state index in [0.29, 0.717) is 15.7 Å². The second-order valence-electron chi connectivity index (χ2n) is 4.19. The lowest BCUT2D eigenvalue weighted by Gasteiger charge is -2.11. The summed E-state index contributed by atoms with van der Waals surface area (Å²) in [6.45, 7) is 1.58. The number of nitrogens with zero attached hydrogens (tertiary/aromatic N) is 2. The molecular weight excluding hydrogens is 342 g/mol. The maximum Gasteiger partial charge on any atom is 0.339 e. The SMILES string of the molecule is Cc1c(Nc2ncc(Br)cc2C(=O)O)cccc1[N+](=O)[O-]. The van der Waals surface area contributed by atoms with Gasteiger partial charge < -0.3 is 10.4 Å². The number of carboxylic acids is 1. The van der Waals surface area contributed by atoms with E-state index in [-0.39, 0.29) is 17.1 Å². The standard InChI is InChI=1S/C13H10BrN3O4/c1-7-10(3-2-4-11(7)17(20)21)16-12-9(13(18)19)5-8(14)6-15-12/h2-6H,1H3,(H,15,16)(H,18,19). The molecule has 0 saturated carbocycles. The van der Waals surface area contributed by atoms with Crippen molar-refractivity contribution in [2.75, 3.05) is 5.32 Å². The molecule has 0 fully saturated rings. The van der Waals surface area contributed by atoms with E-state index in [2.05, 4.69) is 26.2 Å². The molecule has 0 amide bonds. The molecule has 0 bridgehead atoms. The molecule has 1 aromatic carbocycles. The van der Waals surface area contributed by atoms with Crippen LogP contribution in [0.25, 0.3) is 0 Å². The molecule has 0 saturated heterocycles. The smallest absolute Gasteiger partial charge is 0.339 e. The van der Waals surface area contributed by atoms with E-state index in [1.54, 1.807) is 13.0 Å². The molecule has 2 rings (SSSR count). The van der Waals surface area contributed by atoms with Gasteiger partial charge in [0, 0.05) is 22.4 Å². The van der Waals surface area contributed by atoms with Crippen molar-refractivity contribution in [2.45, 2.75) is 6.92 Å². The third-order valence-corrected chi connectivity index (χ3v) is 3.27. The molecule has 0 radical (unpaired) electrons. The quantitative estimate of drug-likeness (QED) is 0.644. The molecule has 2 aromatic rings. The summed E-state index contributed by atoms with van der Waals surface area (Å²) in [5.41, 5.74) is 0.759. The topological polar surface area (TPSA) is 105 Å². The molecule has 8 heteroatoms. The van der Waals surface area contributed by atoms with Crippen molar-refractivity contribution in [3.63, 3.8) is 0 Å². The average Bonchev–Trinajstić information content (AvgIpc) is 2.42. The minimum atomic E-state index is -1.14. The number of hydrogen-bond donors (Lipinski definition) is 2. The van der Waals surface area contributed by atoms with E-state index in [0.717, 1.165) is 0 Å². The van der Waals surface area contributed by atoms with Crippen LogP contribution in [-0.2, 0) is 0 Å². The summed E-state index contributed by atoms with van der Waals surface area (Å²) in [5.74, 6) is -1.02. The van der Waals surface area contributed by atoms with Gasteiger partial charge in [-0.1, -0.05) is 6.07 Å². The van der Waals surface area contributed by atoms with Gasteiger partial charge in [-0.05, 0) is 35.0 Å². The first-order chi connectivity index (χ1) is 9.90. The molecule has 7 nitrogen and oxygen atoms in total. The number of carboxylic acid groups (broad SMARTS) is 1. The van der Waals surface area contributed by atoms with Crippen LogP contribution in [0.3, 0.4) is 0 Å². The Morgan fingerprint density at radius 2 is 2.19 bits per heavy atom. The minimum absolute atomic E-state index is 0.0321. The number of rotatable bonds is 4. The highest BCUT2D eigenvalue weighted by Crippen LogP contribution is 2.29. The Morgan fingerprint density at radius 1 is 1.48 bits per heavy atom. The number of halogens is 1. The van der Waals surface area contributed by atoms with E-state index in [1.165, 1.54) is 24.4 Å². The number of aromatic carboxylic acids is 1. The van der Waals surface area contributed by atoms with Gasteiger partial charge in [-0.2, -0.15) is 0 Å². The Kier molecular flexibility index (Phi) is 4.18. The van der Waals surface area contributed by atoms with Crippen molar-refractivity contribution in [1.29, 1.82) is 0 Å². The highest BCUT2D eigenvalue weighted by atomic mass is 79.9. The molecule has 1 heterocycles. The Morgan fingerprint density at radius 3 is 2.81 bits per heavy atom. The second kappa shape index (κ2) is 5.88. The zero-order valence-corrected chi connectivity index (χ0v) is 12.4. The molecule has 0 spiro atoms. The largest absolute Gasteiger partial charge is 0.478 e. The monoisotopic (exact) mass is 351 g/mol. The molecule has 108 valence electrons. The number of nitro groups is 1. The van der Waals surface area contributed by atoms with Gasteiger partial charge in [0.05, 0.1) is 10.5 Å². The fourth-order valence-corrected chi connectivity index (χ4v) is 2.12. The van der Waals surface area contributed by atoms with Gasteiger partial charge in [-0.15, -0.1) is 0 Å². The highest BCUT2D eigenvalue weighted by molar-refractivity contribution is 9.10. The van der Waals surface area contributed by atoms with Crippen molar-refractivity contribution in [3.05, 3.63) is 56.2 Å². The number of aromatic nitrogens is 1. The minimum Gasteiger partial charge on any atom is -0.478 e. The summed E-state index contributed by atoms with van der Waals surface area (Å²) in [5, 5.41) is 22.9. The van der Waals surface area contributed by atoms with Crippen molar-refractivity contribution in [1.82, 2.24) is 4.98 Å². The van der Waals surface area contributed by atoms with Crippen LogP contribution in [0, 0.1) is 17.0 Å². The number of hydrogen-bond acceptors (Lipinski definition) is 5. The van der Waals surface area contributed by atoms with Gasteiger partial charge in [-0.3, -0.25) is 10.1 Å². The van der Waals surface area contributed by atoms with Crippen LogP contribution in [-0.4, -0.2) is 21.0 Å². The average molecular weight is 352 g/mol. The maximum atomic E-state index is 11.2. The van der Waals surface area contributed by atoms with E-state index >= 15 is 0 Å². The van der Waals surface area contributed by atoms with Crippen LogP contribution in [0.1, 0.15) is 15.9 Å². The van der Waals surface area contributed by atoms with Crippen LogP contribution in [0.15, 0.2) is 34.9 Å². The molecule has 2 N–H and O–H groups in total. The second-order valence-corrected chi connectivity index (χ2v) is 5.10. The first-order valence-corrected chi connectivity index (χ1v) is 6.59. The summed E-state index contributed by atoms with van der Waals surface area (Å²) in [7, 11) is 0. The summed E-state index contributed by atoms with van der Waals surface area (Å²) in [6.07, 6.45) is 1.45. The summed E-state index contributed by atoms with van der Waals surface area (Å²) < 4.78 is 0.529. The number of nitro benzene ring substituents is 1. The van der Waals surface area contributed by atoms with Crippen molar-refractivity contribution >= 4 is 39.1 Å². The first kappa shape index (κ1) is 14.9. The normalized spacial score (nSPS) is 10.2. The summed E-state index contributed by atoms with van der Waals surface area (Å²) in [6, 6.07) is 5.93. The first-order valence-electron chi connectivity index (χ1n) is 5.80. The van der Waals surface area contributed by atoms with Crippen LogP contribution in [0.5, 0.6) is 0 Å². The lowest BCUT2D eigenvalue weighted by molar-refractivity contribution is -0.385. The van der Waals surface area contributed by atoms with E-state index < -0.39 is 10.9 Å². The Hall–Kier alpha value is -2.48. The fourth-order valence-electron chi connectivity index (χ4n) is 1.79. The lowest BCUT2D eigenvalue weighted by Crippen LogP contribution is -2.06. The van der Waals surface area contributed by atoms with E-state index in [1.807, 2.05) is 0 Å². The van der Waals surface area contributed by atoms with Gasteiger partial charge in [0.25, 0.3) is 5.69 Å². The molecule has 0 aliphatic carbocycles. The summed E-state index contributed by atoms with van der Waals surface area (Å²) in [4.78, 5) is 25.6. The Bertz CT molecular complexity index is 733. The van der Waals surface area contributed by atoms with Crippen LogP contribution >= 0.6 is 15.9 Å². The lowest BCUT2D eigenvalue weighted by atomic mass is 10.1. The molecule has 21 heavy (non-hydrogen) atoms. The van der Waals surface area contributed by atoms with E-state index in [9.17, 15) is 20.0 Å². The summed E-state index contributed by atoms with van der Waals surface area (Å²) >= 11 is 3.15. The van der Waals surface area contributed by atoms with Gasteiger partial charge in [-0.25, -0.2) is 9.78 Å².